The van der Waals surface area contributed by atoms with Gasteiger partial charge in [-0.25, -0.2) is 8.78 Å². The van der Waals surface area contributed by atoms with Gasteiger partial charge in [-0.05, 0) is 6.42 Å². The van der Waals surface area contributed by atoms with Crippen molar-refractivity contribution in [1.29, 1.82) is 0 Å². The molecule has 0 aromatic carbocycles. The Morgan fingerprint density at radius 3 is 2.17 bits per heavy atom. The van der Waals surface area contributed by atoms with Gasteiger partial charge in [0.05, 0.1) is 12.0 Å². The maximum atomic E-state index is 13.0. The average Bonchev–Trinajstić information content (AvgIpc) is 2.55. The maximum Gasteiger partial charge on any atom is 0.305 e. The zero-order chi connectivity index (χ0) is 13.9. The van der Waals surface area contributed by atoms with Crippen LogP contribution in [0.3, 0.4) is 0 Å². The number of hydrogen-bond donors (Lipinski definition) is 0. The molecule has 0 spiro atoms. The van der Waals surface area contributed by atoms with E-state index in [1.807, 2.05) is 0 Å². The highest BCUT2D eigenvalue weighted by atomic mass is 19.3. The van der Waals surface area contributed by atoms with Crippen molar-refractivity contribution in [3.63, 3.8) is 0 Å². The van der Waals surface area contributed by atoms with Crippen LogP contribution in [-0.2, 0) is 23.8 Å². The predicted octanol–water partition coefficient (Wildman–Crippen LogP) is 1.50. The fraction of sp³-hybridized carbons (Fsp3) is 0.818. The summed E-state index contributed by atoms with van der Waals surface area (Å²) in [6.07, 6.45) is -5.75. The van der Waals surface area contributed by atoms with Crippen LogP contribution in [0.4, 0.5) is 8.78 Å². The first kappa shape index (κ1) is 14.8. The van der Waals surface area contributed by atoms with Gasteiger partial charge in [0.25, 0.3) is 0 Å². The molecule has 4 atom stereocenters. The Morgan fingerprint density at radius 1 is 1.22 bits per heavy atom. The normalized spacial score (nSPS) is 31.4. The van der Waals surface area contributed by atoms with Crippen LogP contribution in [0.1, 0.15) is 27.2 Å². The molecule has 0 radical (unpaired) electrons. The van der Waals surface area contributed by atoms with Crippen molar-refractivity contribution >= 4 is 11.9 Å². The van der Waals surface area contributed by atoms with Gasteiger partial charge in [0, 0.05) is 13.8 Å². The van der Waals surface area contributed by atoms with Crippen molar-refractivity contribution in [2.75, 3.05) is 0 Å². The molecule has 0 aromatic rings. The SMILES string of the molecule is CC[C@H]1OC(OC(C)=O)[C@H](OC(C)=O)[C@@H]1C(F)F. The molecular weight excluding hydrogens is 250 g/mol. The van der Waals surface area contributed by atoms with Crippen molar-refractivity contribution in [3.05, 3.63) is 0 Å². The summed E-state index contributed by atoms with van der Waals surface area (Å²) in [4.78, 5) is 21.8. The van der Waals surface area contributed by atoms with Gasteiger partial charge >= 0.3 is 11.9 Å². The highest BCUT2D eigenvalue weighted by Crippen LogP contribution is 2.36. The number of halogens is 2. The number of carbonyl (C=O) groups is 2. The molecule has 7 heteroatoms. The lowest BCUT2D eigenvalue weighted by Gasteiger charge is -2.22. The van der Waals surface area contributed by atoms with Gasteiger partial charge in [0.15, 0.2) is 6.10 Å². The first-order valence-electron chi connectivity index (χ1n) is 5.64. The quantitative estimate of drug-likeness (QED) is 0.721. The van der Waals surface area contributed by atoms with Gasteiger partial charge in [-0.2, -0.15) is 0 Å². The van der Waals surface area contributed by atoms with E-state index in [2.05, 4.69) is 0 Å². The molecule has 104 valence electrons. The molecule has 0 aromatic heterocycles. The molecule has 0 amide bonds. The van der Waals surface area contributed by atoms with Crippen LogP contribution in [0.5, 0.6) is 0 Å². The minimum Gasteiger partial charge on any atom is -0.455 e. The lowest BCUT2D eigenvalue weighted by molar-refractivity contribution is -0.195. The molecule has 5 nitrogen and oxygen atoms in total. The molecule has 1 fully saturated rings. The summed E-state index contributed by atoms with van der Waals surface area (Å²) in [6, 6.07) is 0. The zero-order valence-corrected chi connectivity index (χ0v) is 10.4. The van der Waals surface area contributed by atoms with E-state index >= 15 is 0 Å². The average molecular weight is 266 g/mol. The first-order chi connectivity index (χ1) is 8.36. The Bertz CT molecular complexity index is 321. The zero-order valence-electron chi connectivity index (χ0n) is 10.4. The number of carbonyl (C=O) groups excluding carboxylic acids is 2. The number of hydrogen-bond acceptors (Lipinski definition) is 5. The Kier molecular flexibility index (Phi) is 5.01. The van der Waals surface area contributed by atoms with Gasteiger partial charge in [0.1, 0.15) is 0 Å². The molecule has 18 heavy (non-hydrogen) atoms. The second-order valence-corrected chi connectivity index (χ2v) is 4.05. The van der Waals surface area contributed by atoms with Crippen LogP contribution in [-0.4, -0.2) is 36.9 Å². The van der Waals surface area contributed by atoms with E-state index in [9.17, 15) is 18.4 Å². The minimum atomic E-state index is -2.72. The standard InChI is InChI=1S/C11H16F2O5/c1-4-7-8(10(12)13)9(16-5(2)14)11(18-7)17-6(3)15/h7-11H,4H2,1-3H3/t7-,8-,9-,11?/m1/s1. The fourth-order valence-electron chi connectivity index (χ4n) is 1.99. The van der Waals surface area contributed by atoms with E-state index < -0.39 is 42.8 Å². The van der Waals surface area contributed by atoms with Crippen molar-refractivity contribution in [2.45, 2.75) is 52.1 Å². The van der Waals surface area contributed by atoms with Crippen LogP contribution in [0, 0.1) is 5.92 Å². The van der Waals surface area contributed by atoms with E-state index in [0.717, 1.165) is 13.8 Å². The lowest BCUT2D eigenvalue weighted by atomic mass is 9.97. The molecule has 1 unspecified atom stereocenters. The topological polar surface area (TPSA) is 61.8 Å². The smallest absolute Gasteiger partial charge is 0.305 e. The summed E-state index contributed by atoms with van der Waals surface area (Å²) in [5.74, 6) is -2.69. The van der Waals surface area contributed by atoms with Crippen LogP contribution >= 0.6 is 0 Å². The number of esters is 2. The number of rotatable bonds is 4. The number of alkyl halides is 2. The summed E-state index contributed by atoms with van der Waals surface area (Å²) in [5.41, 5.74) is 0. The lowest BCUT2D eigenvalue weighted by Crippen LogP contribution is -2.38. The molecule has 0 bridgehead atoms. The Balaban J connectivity index is 2.90. The molecule has 0 aliphatic carbocycles. The number of ether oxygens (including phenoxy) is 3. The third kappa shape index (κ3) is 3.38. The molecular formula is C11H16F2O5. The third-order valence-corrected chi connectivity index (χ3v) is 2.66. The van der Waals surface area contributed by atoms with Gasteiger partial charge in [0.2, 0.25) is 12.7 Å². The summed E-state index contributed by atoms with van der Waals surface area (Å²) in [7, 11) is 0. The largest absolute Gasteiger partial charge is 0.455 e. The summed E-state index contributed by atoms with van der Waals surface area (Å²) < 4.78 is 40.7. The monoisotopic (exact) mass is 266 g/mol. The highest BCUT2D eigenvalue weighted by Gasteiger charge is 2.52. The van der Waals surface area contributed by atoms with E-state index in [4.69, 9.17) is 14.2 Å². The Morgan fingerprint density at radius 2 is 1.78 bits per heavy atom. The Labute approximate surface area is 103 Å². The van der Waals surface area contributed by atoms with Crippen molar-refractivity contribution < 1.29 is 32.6 Å². The predicted molar refractivity (Wildman–Crippen MR) is 55.8 cm³/mol. The van der Waals surface area contributed by atoms with Crippen LogP contribution in [0.25, 0.3) is 0 Å². The summed E-state index contributed by atoms with van der Waals surface area (Å²) in [6.45, 7) is 3.90. The molecule has 1 aliphatic heterocycles. The Hall–Kier alpha value is -1.24. The second-order valence-electron chi connectivity index (χ2n) is 4.05. The van der Waals surface area contributed by atoms with Crippen molar-refractivity contribution in [1.82, 2.24) is 0 Å². The second kappa shape index (κ2) is 6.08. The summed E-state index contributed by atoms with van der Waals surface area (Å²) >= 11 is 0. The van der Waals surface area contributed by atoms with Crippen LogP contribution < -0.4 is 0 Å². The highest BCUT2D eigenvalue weighted by molar-refractivity contribution is 5.67. The molecule has 0 saturated carbocycles. The molecule has 1 heterocycles. The van der Waals surface area contributed by atoms with E-state index in [-0.39, 0.29) is 0 Å². The van der Waals surface area contributed by atoms with Gasteiger partial charge < -0.3 is 14.2 Å². The van der Waals surface area contributed by atoms with E-state index in [0.29, 0.717) is 6.42 Å². The van der Waals surface area contributed by atoms with E-state index in [1.54, 1.807) is 6.92 Å². The third-order valence-electron chi connectivity index (χ3n) is 2.66. The van der Waals surface area contributed by atoms with Gasteiger partial charge in [-0.15, -0.1) is 0 Å². The van der Waals surface area contributed by atoms with Crippen LogP contribution in [0.15, 0.2) is 0 Å². The molecule has 1 saturated heterocycles. The maximum absolute atomic E-state index is 13.0. The first-order valence-corrected chi connectivity index (χ1v) is 5.64. The molecule has 1 rings (SSSR count). The van der Waals surface area contributed by atoms with Crippen molar-refractivity contribution in [3.8, 4) is 0 Å². The molecule has 0 N–H and O–H groups in total. The van der Waals surface area contributed by atoms with Gasteiger partial charge in [-0.1, -0.05) is 6.92 Å². The van der Waals surface area contributed by atoms with Crippen LogP contribution in [0.2, 0.25) is 0 Å². The van der Waals surface area contributed by atoms with Gasteiger partial charge in [-0.3, -0.25) is 9.59 Å². The van der Waals surface area contributed by atoms with Crippen molar-refractivity contribution in [2.24, 2.45) is 5.92 Å². The van der Waals surface area contributed by atoms with E-state index in [1.165, 1.54) is 0 Å². The minimum absolute atomic E-state index is 0.310. The fourth-order valence-corrected chi connectivity index (χ4v) is 1.99. The summed E-state index contributed by atoms with van der Waals surface area (Å²) in [5, 5.41) is 0. The molecule has 1 aliphatic rings.